The minimum absolute atomic E-state index is 0.116. The SMILES string of the molecule is CC1CN(S(=O)(=O)c2c(F)cccc2[N+](=O)[O-])CC(C)N1. The molecule has 1 aromatic carbocycles. The summed E-state index contributed by atoms with van der Waals surface area (Å²) in [5.41, 5.74) is -0.742. The summed E-state index contributed by atoms with van der Waals surface area (Å²) in [5, 5.41) is 14.1. The third-order valence-corrected chi connectivity index (χ3v) is 5.16. The van der Waals surface area contributed by atoms with Gasteiger partial charge in [0.25, 0.3) is 15.7 Å². The summed E-state index contributed by atoms with van der Waals surface area (Å²) < 4.78 is 40.2. The van der Waals surface area contributed by atoms with Gasteiger partial charge < -0.3 is 5.32 Å². The lowest BCUT2D eigenvalue weighted by Crippen LogP contribution is -2.55. The van der Waals surface area contributed by atoms with E-state index >= 15 is 0 Å². The molecule has 0 spiro atoms. The van der Waals surface area contributed by atoms with Crippen LogP contribution in [0.5, 0.6) is 0 Å². The van der Waals surface area contributed by atoms with E-state index in [9.17, 15) is 22.9 Å². The quantitative estimate of drug-likeness (QED) is 0.666. The Morgan fingerprint density at radius 3 is 2.43 bits per heavy atom. The van der Waals surface area contributed by atoms with Crippen LogP contribution in [0, 0.1) is 15.9 Å². The second-order valence-corrected chi connectivity index (χ2v) is 7.01. The molecule has 1 fully saturated rings. The summed E-state index contributed by atoms with van der Waals surface area (Å²) in [5.74, 6) is -1.11. The first-order valence-electron chi connectivity index (χ1n) is 6.42. The van der Waals surface area contributed by atoms with E-state index < -0.39 is 31.3 Å². The molecule has 7 nitrogen and oxygen atoms in total. The van der Waals surface area contributed by atoms with Crippen molar-refractivity contribution < 1.29 is 17.7 Å². The lowest BCUT2D eigenvalue weighted by atomic mass is 10.2. The highest BCUT2D eigenvalue weighted by atomic mass is 32.2. The van der Waals surface area contributed by atoms with E-state index in [1.807, 2.05) is 0 Å². The van der Waals surface area contributed by atoms with Gasteiger partial charge in [-0.1, -0.05) is 6.07 Å². The summed E-state index contributed by atoms with van der Waals surface area (Å²) in [6.07, 6.45) is 0. The zero-order chi connectivity index (χ0) is 15.8. The summed E-state index contributed by atoms with van der Waals surface area (Å²) in [6.45, 7) is 3.87. The standard InChI is InChI=1S/C12H16FN3O4S/c1-8-6-15(7-9(2)14-8)21(19,20)12-10(13)4-3-5-11(12)16(17)18/h3-5,8-9,14H,6-7H2,1-2H3. The maximum Gasteiger partial charge on any atom is 0.292 e. The first-order valence-corrected chi connectivity index (χ1v) is 7.86. The summed E-state index contributed by atoms with van der Waals surface area (Å²) in [6, 6.07) is 2.79. The van der Waals surface area contributed by atoms with Gasteiger partial charge in [-0.2, -0.15) is 4.31 Å². The molecule has 1 aliphatic heterocycles. The third kappa shape index (κ3) is 3.04. The van der Waals surface area contributed by atoms with Gasteiger partial charge in [-0.3, -0.25) is 10.1 Å². The molecule has 0 amide bonds. The van der Waals surface area contributed by atoms with Gasteiger partial charge >= 0.3 is 0 Å². The normalized spacial score (nSPS) is 24.0. The number of nitro groups is 1. The molecule has 0 aliphatic carbocycles. The van der Waals surface area contributed by atoms with Gasteiger partial charge in [-0.25, -0.2) is 12.8 Å². The summed E-state index contributed by atoms with van der Waals surface area (Å²) in [7, 11) is -4.26. The Morgan fingerprint density at radius 1 is 1.33 bits per heavy atom. The molecule has 0 aromatic heterocycles. The second kappa shape index (κ2) is 5.66. The number of halogens is 1. The largest absolute Gasteiger partial charge is 0.309 e. The fourth-order valence-electron chi connectivity index (χ4n) is 2.50. The third-order valence-electron chi connectivity index (χ3n) is 3.26. The van der Waals surface area contributed by atoms with Crippen molar-refractivity contribution in [3.8, 4) is 0 Å². The van der Waals surface area contributed by atoms with E-state index in [1.54, 1.807) is 13.8 Å². The van der Waals surface area contributed by atoms with Crippen molar-refractivity contribution in [1.29, 1.82) is 0 Å². The van der Waals surface area contributed by atoms with Gasteiger partial charge in [-0.05, 0) is 19.9 Å². The van der Waals surface area contributed by atoms with Crippen LogP contribution >= 0.6 is 0 Å². The smallest absolute Gasteiger partial charge is 0.292 e. The molecular formula is C12H16FN3O4S. The average Bonchev–Trinajstić information content (AvgIpc) is 2.36. The van der Waals surface area contributed by atoms with Crippen LogP contribution < -0.4 is 5.32 Å². The minimum Gasteiger partial charge on any atom is -0.309 e. The van der Waals surface area contributed by atoms with E-state index in [2.05, 4.69) is 5.32 Å². The molecular weight excluding hydrogens is 301 g/mol. The minimum atomic E-state index is -4.26. The van der Waals surface area contributed by atoms with Gasteiger partial charge in [0.15, 0.2) is 4.90 Å². The van der Waals surface area contributed by atoms with E-state index in [-0.39, 0.29) is 25.2 Å². The molecule has 9 heteroatoms. The molecule has 2 atom stereocenters. The number of nitrogens with one attached hydrogen (secondary N) is 1. The number of hydrogen-bond acceptors (Lipinski definition) is 5. The lowest BCUT2D eigenvalue weighted by Gasteiger charge is -2.35. The first kappa shape index (κ1) is 15.8. The maximum atomic E-state index is 13.9. The molecule has 1 saturated heterocycles. The molecule has 0 bridgehead atoms. The Bertz CT molecular complexity index is 654. The number of nitro benzene ring substituents is 1. The van der Waals surface area contributed by atoms with E-state index in [0.717, 1.165) is 22.5 Å². The van der Waals surface area contributed by atoms with Crippen LogP contribution in [0.2, 0.25) is 0 Å². The van der Waals surface area contributed by atoms with Gasteiger partial charge in [-0.15, -0.1) is 0 Å². The first-order chi connectivity index (χ1) is 9.73. The van der Waals surface area contributed by atoms with Crippen LogP contribution in [0.1, 0.15) is 13.8 Å². The molecule has 2 rings (SSSR count). The van der Waals surface area contributed by atoms with Crippen LogP contribution in [0.3, 0.4) is 0 Å². The monoisotopic (exact) mass is 317 g/mol. The zero-order valence-corrected chi connectivity index (χ0v) is 12.4. The number of nitrogens with zero attached hydrogens (tertiary/aromatic N) is 2. The molecule has 1 aromatic rings. The fraction of sp³-hybridized carbons (Fsp3) is 0.500. The van der Waals surface area contributed by atoms with Gasteiger partial charge in [0.1, 0.15) is 5.82 Å². The highest BCUT2D eigenvalue weighted by molar-refractivity contribution is 7.89. The van der Waals surface area contributed by atoms with Gasteiger partial charge in [0.05, 0.1) is 4.92 Å². The molecule has 2 unspecified atom stereocenters. The molecule has 0 saturated carbocycles. The van der Waals surface area contributed by atoms with Crippen molar-refractivity contribution in [3.63, 3.8) is 0 Å². The van der Waals surface area contributed by atoms with Crippen molar-refractivity contribution in [1.82, 2.24) is 9.62 Å². The van der Waals surface area contributed by atoms with Crippen molar-refractivity contribution >= 4 is 15.7 Å². The van der Waals surface area contributed by atoms with Crippen LogP contribution in [-0.2, 0) is 10.0 Å². The molecule has 1 aliphatic rings. The number of hydrogen-bond donors (Lipinski definition) is 1. The Hall–Kier alpha value is -1.58. The second-order valence-electron chi connectivity index (χ2n) is 5.14. The van der Waals surface area contributed by atoms with Crippen molar-refractivity contribution in [2.24, 2.45) is 0 Å². The van der Waals surface area contributed by atoms with E-state index in [4.69, 9.17) is 0 Å². The topological polar surface area (TPSA) is 92.5 Å². The van der Waals surface area contributed by atoms with Crippen LogP contribution in [0.4, 0.5) is 10.1 Å². The molecule has 1 N–H and O–H groups in total. The van der Waals surface area contributed by atoms with E-state index in [1.165, 1.54) is 0 Å². The number of sulfonamides is 1. The van der Waals surface area contributed by atoms with Crippen LogP contribution in [0.25, 0.3) is 0 Å². The van der Waals surface area contributed by atoms with Crippen molar-refractivity contribution in [2.45, 2.75) is 30.8 Å². The molecule has 21 heavy (non-hydrogen) atoms. The van der Waals surface area contributed by atoms with Crippen molar-refractivity contribution in [3.05, 3.63) is 34.1 Å². The summed E-state index contributed by atoms with van der Waals surface area (Å²) in [4.78, 5) is 9.23. The predicted octanol–water partition coefficient (Wildman–Crippen LogP) is 1.10. The lowest BCUT2D eigenvalue weighted by molar-refractivity contribution is -0.388. The average molecular weight is 317 g/mol. The van der Waals surface area contributed by atoms with Crippen molar-refractivity contribution in [2.75, 3.05) is 13.1 Å². The molecule has 116 valence electrons. The Morgan fingerprint density at radius 2 is 1.90 bits per heavy atom. The Kier molecular flexibility index (Phi) is 4.26. The van der Waals surface area contributed by atoms with E-state index in [0.29, 0.717) is 0 Å². The maximum absolute atomic E-state index is 13.9. The molecule has 1 heterocycles. The Balaban J connectivity index is 2.52. The number of benzene rings is 1. The fourth-order valence-corrected chi connectivity index (χ4v) is 4.32. The highest BCUT2D eigenvalue weighted by Gasteiger charge is 2.37. The van der Waals surface area contributed by atoms with Crippen LogP contribution in [-0.4, -0.2) is 42.8 Å². The number of rotatable bonds is 3. The van der Waals surface area contributed by atoms with Gasteiger partial charge in [0.2, 0.25) is 0 Å². The van der Waals surface area contributed by atoms with Gasteiger partial charge in [0, 0.05) is 31.2 Å². The molecule has 0 radical (unpaired) electrons. The highest BCUT2D eigenvalue weighted by Crippen LogP contribution is 2.30. The Labute approximate surface area is 122 Å². The predicted molar refractivity (Wildman–Crippen MR) is 73.9 cm³/mol. The number of piperazine rings is 1. The summed E-state index contributed by atoms with van der Waals surface area (Å²) >= 11 is 0. The zero-order valence-electron chi connectivity index (χ0n) is 11.6. The van der Waals surface area contributed by atoms with Crippen LogP contribution in [0.15, 0.2) is 23.1 Å².